The van der Waals surface area contributed by atoms with Crippen molar-refractivity contribution in [3.63, 3.8) is 0 Å². The summed E-state index contributed by atoms with van der Waals surface area (Å²) in [6.07, 6.45) is 22.5. The molecule has 58 heavy (non-hydrogen) atoms. The van der Waals surface area contributed by atoms with Crippen LogP contribution < -0.4 is 25.2 Å². The molecule has 2 aromatic heterocycles. The second kappa shape index (κ2) is 19.4. The molecule has 0 radical (unpaired) electrons. The van der Waals surface area contributed by atoms with E-state index in [9.17, 15) is 9.18 Å². The second-order valence-electron chi connectivity index (χ2n) is 16.1. The molecule has 0 spiro atoms. The number of carbonyl (C=O) groups is 1. The lowest BCUT2D eigenvalue weighted by atomic mass is 9.95. The Bertz CT molecular complexity index is 2100. The van der Waals surface area contributed by atoms with E-state index in [1.807, 2.05) is 5.01 Å². The molecular formula is C45H56F3N7O3. The molecule has 3 fully saturated rings. The van der Waals surface area contributed by atoms with Crippen molar-refractivity contribution in [3.05, 3.63) is 47.7 Å². The zero-order chi connectivity index (χ0) is 40.5. The summed E-state index contributed by atoms with van der Waals surface area (Å²) in [7, 11) is 0. The molecule has 3 saturated heterocycles. The van der Waals surface area contributed by atoms with Crippen LogP contribution in [0.1, 0.15) is 115 Å². The van der Waals surface area contributed by atoms with Crippen LogP contribution in [-0.2, 0) is 0 Å². The summed E-state index contributed by atoms with van der Waals surface area (Å²) in [5, 5.41) is 5.73. The first-order valence-electron chi connectivity index (χ1n) is 21.4. The number of benzene rings is 2. The maximum atomic E-state index is 17.2. The van der Waals surface area contributed by atoms with E-state index in [-0.39, 0.29) is 46.1 Å². The van der Waals surface area contributed by atoms with E-state index in [1.165, 1.54) is 69.3 Å². The van der Waals surface area contributed by atoms with Gasteiger partial charge in [-0.3, -0.25) is 14.9 Å². The highest BCUT2D eigenvalue weighted by Gasteiger charge is 2.49. The number of anilines is 1. The summed E-state index contributed by atoms with van der Waals surface area (Å²) in [6.45, 7) is 5.34. The number of pyridine rings is 1. The highest BCUT2D eigenvalue weighted by atomic mass is 19.1. The van der Waals surface area contributed by atoms with E-state index in [4.69, 9.17) is 20.9 Å². The van der Waals surface area contributed by atoms with Crippen LogP contribution in [0.3, 0.4) is 0 Å². The number of alkyl halides is 1. The number of terminal acetylenes is 1. The quantitative estimate of drug-likeness (QED) is 0.0799. The molecule has 310 valence electrons. The zero-order valence-corrected chi connectivity index (χ0v) is 33.7. The third kappa shape index (κ3) is 9.45. The van der Waals surface area contributed by atoms with E-state index in [1.54, 1.807) is 6.07 Å². The molecule has 0 aliphatic carbocycles. The van der Waals surface area contributed by atoms with Crippen LogP contribution in [0.25, 0.3) is 32.9 Å². The monoisotopic (exact) mass is 799 g/mol. The highest BCUT2D eigenvalue weighted by molar-refractivity contribution is 6.03. The molecule has 2 aromatic carbocycles. The van der Waals surface area contributed by atoms with Crippen LogP contribution in [0.5, 0.6) is 11.8 Å². The number of hydrogen-bond donors (Lipinski definition) is 2. The molecule has 10 nitrogen and oxygen atoms in total. The average Bonchev–Trinajstić information content (AvgIpc) is 3.60. The Morgan fingerprint density at radius 1 is 1.02 bits per heavy atom. The van der Waals surface area contributed by atoms with Crippen LogP contribution in [0.2, 0.25) is 0 Å². The molecule has 3 aliphatic heterocycles. The minimum absolute atomic E-state index is 0.0375. The number of nitrogens with zero attached hydrogens (tertiary/aromatic N) is 5. The predicted octanol–water partition coefficient (Wildman–Crippen LogP) is 9.56. The smallest absolute Gasteiger partial charge is 0.412 e. The Kier molecular flexibility index (Phi) is 13.9. The Morgan fingerprint density at radius 2 is 1.81 bits per heavy atom. The van der Waals surface area contributed by atoms with Crippen molar-refractivity contribution < 1.29 is 27.4 Å². The lowest BCUT2D eigenvalue weighted by Gasteiger charge is -2.31. The second-order valence-corrected chi connectivity index (χ2v) is 16.1. The summed E-state index contributed by atoms with van der Waals surface area (Å²) < 4.78 is 59.1. The van der Waals surface area contributed by atoms with Gasteiger partial charge in [0, 0.05) is 49.7 Å². The number of carbonyl (C=O) groups excluding carboxylic acids is 1. The van der Waals surface area contributed by atoms with Gasteiger partial charge in [-0.05, 0) is 62.2 Å². The molecule has 4 aromatic rings. The van der Waals surface area contributed by atoms with Gasteiger partial charge in [0.15, 0.2) is 11.6 Å². The van der Waals surface area contributed by atoms with Crippen molar-refractivity contribution in [1.82, 2.24) is 30.6 Å². The molecule has 0 unspecified atom stereocenters. The Balaban J connectivity index is 1.16. The number of amides is 1. The molecule has 2 atom stereocenters. The minimum atomic E-state index is -0.938. The van der Waals surface area contributed by atoms with Gasteiger partial charge in [-0.15, -0.1) is 6.42 Å². The molecule has 2 N–H and O–H groups in total. The van der Waals surface area contributed by atoms with Crippen molar-refractivity contribution >= 4 is 33.6 Å². The van der Waals surface area contributed by atoms with E-state index in [2.05, 4.69) is 38.5 Å². The Labute approximate surface area is 339 Å². The zero-order valence-electron chi connectivity index (χ0n) is 33.7. The highest BCUT2D eigenvalue weighted by Crippen LogP contribution is 2.42. The van der Waals surface area contributed by atoms with Gasteiger partial charge in [-0.25, -0.2) is 23.4 Å². The number of unbranched alkanes of at least 4 members (excludes halogenated alkanes) is 9. The SMILES string of the molecule is C#Cc1c(F)ccc2cc(OC(=O)NCCCCCCCCCCCC)cc(-c3ncc4c(N5CCCCCN5)nc(OC[C@@]56CCCN5C[C@H](F)C6)nc4c3F)c12. The molecule has 5 heterocycles. The molecule has 0 bridgehead atoms. The van der Waals surface area contributed by atoms with Gasteiger partial charge in [0.1, 0.15) is 35.6 Å². The lowest BCUT2D eigenvalue weighted by molar-refractivity contribution is 0.107. The number of rotatable bonds is 17. The normalized spacial score (nSPS) is 19.6. The number of hydrogen-bond acceptors (Lipinski definition) is 9. The first kappa shape index (κ1) is 41.5. The average molecular weight is 800 g/mol. The van der Waals surface area contributed by atoms with E-state index < -0.39 is 29.4 Å². The number of halogens is 3. The summed E-state index contributed by atoms with van der Waals surface area (Å²) >= 11 is 0. The fourth-order valence-corrected chi connectivity index (χ4v) is 8.92. The predicted molar refractivity (Wildman–Crippen MR) is 222 cm³/mol. The number of hydrazine groups is 1. The number of aromatic nitrogens is 3. The number of ether oxygens (including phenoxy) is 2. The van der Waals surface area contributed by atoms with E-state index in [0.29, 0.717) is 49.2 Å². The van der Waals surface area contributed by atoms with Crippen molar-refractivity contribution in [2.45, 2.75) is 121 Å². The van der Waals surface area contributed by atoms with Crippen LogP contribution in [0.4, 0.5) is 23.8 Å². The maximum absolute atomic E-state index is 17.2. The van der Waals surface area contributed by atoms with Gasteiger partial charge in [-0.2, -0.15) is 9.97 Å². The first-order chi connectivity index (χ1) is 28.3. The summed E-state index contributed by atoms with van der Waals surface area (Å²) in [5.41, 5.74) is 2.77. The summed E-state index contributed by atoms with van der Waals surface area (Å²) in [4.78, 5) is 29.1. The maximum Gasteiger partial charge on any atom is 0.412 e. The van der Waals surface area contributed by atoms with Gasteiger partial charge in [0.2, 0.25) is 0 Å². The molecular weight excluding hydrogens is 744 g/mol. The fourth-order valence-electron chi connectivity index (χ4n) is 8.92. The van der Waals surface area contributed by atoms with Crippen molar-refractivity contribution in [2.24, 2.45) is 0 Å². The number of nitrogens with one attached hydrogen (secondary N) is 2. The van der Waals surface area contributed by atoms with Gasteiger partial charge >= 0.3 is 12.1 Å². The van der Waals surface area contributed by atoms with Crippen LogP contribution in [0.15, 0.2) is 30.5 Å². The Hall–Kier alpha value is -4.67. The molecule has 1 amide bonds. The van der Waals surface area contributed by atoms with Crippen LogP contribution >= 0.6 is 0 Å². The van der Waals surface area contributed by atoms with Gasteiger partial charge < -0.3 is 14.8 Å². The van der Waals surface area contributed by atoms with Crippen LogP contribution in [-0.4, -0.2) is 77.0 Å². The minimum Gasteiger partial charge on any atom is -0.461 e. The van der Waals surface area contributed by atoms with Crippen molar-refractivity contribution in [2.75, 3.05) is 44.3 Å². The van der Waals surface area contributed by atoms with E-state index >= 15 is 8.78 Å². The first-order valence-corrected chi connectivity index (χ1v) is 21.4. The standard InChI is InChI=1S/C45H56F3N7O3/c1-3-5-6-7-8-9-10-11-12-14-21-49-44(56)58-33-25-31-18-19-37(47)34(4-2)38(31)35(26-33)40-39(48)41-36(28-50-40)42(55-24-16-13-15-22-51-55)53-43(52-41)57-30-45-20-17-23-54(45)29-32(46)27-45/h2,18-19,25-26,28,32,51H,3,5-17,20-24,27,29-30H2,1H3,(H,49,56)/t32-,45+/m1/s1. The van der Waals surface area contributed by atoms with Gasteiger partial charge in [0.25, 0.3) is 0 Å². The van der Waals surface area contributed by atoms with Gasteiger partial charge in [0.05, 0.1) is 16.5 Å². The lowest BCUT2D eigenvalue weighted by Crippen LogP contribution is -2.43. The third-order valence-corrected chi connectivity index (χ3v) is 11.9. The fraction of sp³-hybridized carbons (Fsp3) is 0.556. The molecule has 7 rings (SSSR count). The van der Waals surface area contributed by atoms with Gasteiger partial charge in [-0.1, -0.05) is 83.1 Å². The topological polar surface area (TPSA) is 105 Å². The Morgan fingerprint density at radius 3 is 2.60 bits per heavy atom. The van der Waals surface area contributed by atoms with Crippen molar-refractivity contribution in [1.29, 1.82) is 0 Å². The molecule has 3 aliphatic rings. The van der Waals surface area contributed by atoms with Crippen molar-refractivity contribution in [3.8, 4) is 35.4 Å². The molecule has 13 heteroatoms. The van der Waals surface area contributed by atoms with E-state index in [0.717, 1.165) is 57.9 Å². The number of fused-ring (bicyclic) bond motifs is 3. The third-order valence-electron chi connectivity index (χ3n) is 11.9. The molecule has 0 saturated carbocycles. The summed E-state index contributed by atoms with van der Waals surface area (Å²) in [5.74, 6) is 1.49. The van der Waals surface area contributed by atoms with Crippen LogP contribution in [0, 0.1) is 24.0 Å². The largest absolute Gasteiger partial charge is 0.461 e. The summed E-state index contributed by atoms with van der Waals surface area (Å²) in [6, 6.07) is 5.74.